The van der Waals surface area contributed by atoms with E-state index < -0.39 is 0 Å². The predicted octanol–water partition coefficient (Wildman–Crippen LogP) is 0.168. The second-order valence-electron chi connectivity index (χ2n) is 5.45. The zero-order chi connectivity index (χ0) is 15.7. The standard InChI is InChI=1S/C14H21N7O/c1-4-11-15-14-17-16-12(10(3)21(14)18-11)13(22)20-8-6-19(5-2)7-9-20/h4-9H2,1-3H3. The maximum atomic E-state index is 12.7. The molecule has 3 rings (SSSR count). The number of fused-ring (bicyclic) bond motifs is 1. The molecule has 0 radical (unpaired) electrons. The number of amides is 1. The van der Waals surface area contributed by atoms with Gasteiger partial charge in [0.05, 0.1) is 5.69 Å². The summed E-state index contributed by atoms with van der Waals surface area (Å²) < 4.78 is 1.61. The van der Waals surface area contributed by atoms with Crippen molar-refractivity contribution in [1.29, 1.82) is 0 Å². The minimum atomic E-state index is -0.0730. The number of rotatable bonds is 3. The Morgan fingerprint density at radius 1 is 1.14 bits per heavy atom. The molecule has 0 aromatic carbocycles. The summed E-state index contributed by atoms with van der Waals surface area (Å²) in [6.07, 6.45) is 0.727. The summed E-state index contributed by atoms with van der Waals surface area (Å²) in [7, 11) is 0. The number of likely N-dealkylation sites (N-methyl/N-ethyl adjacent to an activating group) is 1. The van der Waals surface area contributed by atoms with Gasteiger partial charge in [-0.15, -0.1) is 15.3 Å². The summed E-state index contributed by atoms with van der Waals surface area (Å²) in [5.41, 5.74) is 1.06. The number of carbonyl (C=O) groups is 1. The van der Waals surface area contributed by atoms with Crippen LogP contribution in [0.3, 0.4) is 0 Å². The Kier molecular flexibility index (Phi) is 4.02. The Morgan fingerprint density at radius 2 is 1.86 bits per heavy atom. The molecule has 0 atom stereocenters. The fourth-order valence-electron chi connectivity index (χ4n) is 2.67. The number of carbonyl (C=O) groups excluding carboxylic acids is 1. The van der Waals surface area contributed by atoms with Crippen LogP contribution >= 0.6 is 0 Å². The first-order valence-corrected chi connectivity index (χ1v) is 7.74. The molecule has 0 N–H and O–H groups in total. The predicted molar refractivity (Wildman–Crippen MR) is 80.7 cm³/mol. The van der Waals surface area contributed by atoms with Gasteiger partial charge >= 0.3 is 0 Å². The molecule has 0 spiro atoms. The van der Waals surface area contributed by atoms with Crippen molar-refractivity contribution < 1.29 is 4.79 Å². The normalized spacial score (nSPS) is 16.4. The van der Waals surface area contributed by atoms with E-state index in [2.05, 4.69) is 32.1 Å². The van der Waals surface area contributed by atoms with Gasteiger partial charge in [0.1, 0.15) is 0 Å². The van der Waals surface area contributed by atoms with Crippen LogP contribution in [0, 0.1) is 6.92 Å². The van der Waals surface area contributed by atoms with Crippen molar-refractivity contribution >= 4 is 11.7 Å². The van der Waals surface area contributed by atoms with Gasteiger partial charge in [-0.25, -0.2) is 0 Å². The quantitative estimate of drug-likeness (QED) is 0.804. The second kappa shape index (κ2) is 5.96. The van der Waals surface area contributed by atoms with Crippen LogP contribution in [0.1, 0.15) is 35.9 Å². The zero-order valence-electron chi connectivity index (χ0n) is 13.3. The van der Waals surface area contributed by atoms with E-state index in [1.165, 1.54) is 0 Å². The molecule has 1 saturated heterocycles. The number of aryl methyl sites for hydroxylation is 2. The maximum Gasteiger partial charge on any atom is 0.276 e. The second-order valence-corrected chi connectivity index (χ2v) is 5.45. The highest BCUT2D eigenvalue weighted by Crippen LogP contribution is 2.11. The number of hydrogen-bond donors (Lipinski definition) is 0. The van der Waals surface area contributed by atoms with Crippen molar-refractivity contribution in [2.45, 2.75) is 27.2 Å². The summed E-state index contributed by atoms with van der Waals surface area (Å²) >= 11 is 0. The van der Waals surface area contributed by atoms with E-state index in [-0.39, 0.29) is 5.91 Å². The van der Waals surface area contributed by atoms with Crippen molar-refractivity contribution in [1.82, 2.24) is 34.6 Å². The van der Waals surface area contributed by atoms with Crippen LogP contribution in [0.2, 0.25) is 0 Å². The van der Waals surface area contributed by atoms with Gasteiger partial charge in [0.2, 0.25) is 0 Å². The topological polar surface area (TPSA) is 79.5 Å². The highest BCUT2D eigenvalue weighted by molar-refractivity contribution is 5.93. The number of hydrogen-bond acceptors (Lipinski definition) is 6. The van der Waals surface area contributed by atoms with E-state index in [0.717, 1.165) is 39.1 Å². The molecule has 3 heterocycles. The van der Waals surface area contributed by atoms with Crippen molar-refractivity contribution in [2.24, 2.45) is 0 Å². The molecule has 0 unspecified atom stereocenters. The van der Waals surface area contributed by atoms with Crippen LogP contribution in [0.5, 0.6) is 0 Å². The first-order chi connectivity index (χ1) is 10.6. The van der Waals surface area contributed by atoms with Gasteiger partial charge in [-0.05, 0) is 13.5 Å². The summed E-state index contributed by atoms with van der Waals surface area (Å²) in [4.78, 5) is 21.1. The third kappa shape index (κ3) is 2.54. The van der Waals surface area contributed by atoms with Crippen LogP contribution in [-0.2, 0) is 6.42 Å². The Morgan fingerprint density at radius 3 is 2.50 bits per heavy atom. The van der Waals surface area contributed by atoms with Crippen LogP contribution in [0.15, 0.2) is 0 Å². The molecule has 0 aliphatic carbocycles. The average Bonchev–Trinajstić information content (AvgIpc) is 2.99. The van der Waals surface area contributed by atoms with E-state index >= 15 is 0 Å². The smallest absolute Gasteiger partial charge is 0.276 e. The van der Waals surface area contributed by atoms with Crippen molar-refractivity contribution in [3.8, 4) is 0 Å². The molecule has 2 aromatic rings. The lowest BCUT2D eigenvalue weighted by molar-refractivity contribution is 0.0634. The fourth-order valence-corrected chi connectivity index (χ4v) is 2.67. The maximum absolute atomic E-state index is 12.7. The van der Waals surface area contributed by atoms with E-state index in [4.69, 9.17) is 0 Å². The van der Waals surface area contributed by atoms with Gasteiger partial charge in [0, 0.05) is 32.6 Å². The van der Waals surface area contributed by atoms with Crippen molar-refractivity contribution in [3.63, 3.8) is 0 Å². The van der Waals surface area contributed by atoms with E-state index in [1.54, 1.807) is 4.52 Å². The Bertz CT molecular complexity index is 688. The van der Waals surface area contributed by atoms with Crippen LogP contribution < -0.4 is 0 Å². The molecule has 2 aromatic heterocycles. The molecule has 1 aliphatic rings. The fraction of sp³-hybridized carbons (Fsp3) is 0.643. The minimum Gasteiger partial charge on any atom is -0.335 e. The third-order valence-electron chi connectivity index (χ3n) is 4.16. The van der Waals surface area contributed by atoms with E-state index in [0.29, 0.717) is 23.0 Å². The largest absolute Gasteiger partial charge is 0.335 e. The number of nitrogens with zero attached hydrogens (tertiary/aromatic N) is 7. The number of piperazine rings is 1. The lowest BCUT2D eigenvalue weighted by atomic mass is 10.2. The van der Waals surface area contributed by atoms with Crippen LogP contribution in [0.25, 0.3) is 5.78 Å². The van der Waals surface area contributed by atoms with Crippen LogP contribution in [0.4, 0.5) is 0 Å². The van der Waals surface area contributed by atoms with Crippen LogP contribution in [-0.4, -0.2) is 73.2 Å². The van der Waals surface area contributed by atoms with E-state index in [1.807, 2.05) is 18.7 Å². The molecule has 0 saturated carbocycles. The van der Waals surface area contributed by atoms with Gasteiger partial charge in [0.15, 0.2) is 11.5 Å². The molecule has 8 heteroatoms. The minimum absolute atomic E-state index is 0.0730. The summed E-state index contributed by atoms with van der Waals surface area (Å²) in [5.74, 6) is 1.08. The average molecular weight is 303 g/mol. The molecule has 8 nitrogen and oxygen atoms in total. The zero-order valence-corrected chi connectivity index (χ0v) is 13.3. The third-order valence-corrected chi connectivity index (χ3v) is 4.16. The molecule has 1 amide bonds. The van der Waals surface area contributed by atoms with Crippen molar-refractivity contribution in [2.75, 3.05) is 32.7 Å². The summed E-state index contributed by atoms with van der Waals surface area (Å²) in [6, 6.07) is 0. The molecule has 0 bridgehead atoms. The highest BCUT2D eigenvalue weighted by atomic mass is 16.2. The Labute approximate surface area is 129 Å². The Hall–Kier alpha value is -2.09. The molecule has 1 aliphatic heterocycles. The van der Waals surface area contributed by atoms with Gasteiger partial charge in [0.25, 0.3) is 11.7 Å². The first-order valence-electron chi connectivity index (χ1n) is 7.74. The monoisotopic (exact) mass is 303 g/mol. The molecule has 22 heavy (non-hydrogen) atoms. The summed E-state index contributed by atoms with van der Waals surface area (Å²) in [5, 5.41) is 12.5. The molecular formula is C14H21N7O. The van der Waals surface area contributed by atoms with Gasteiger partial charge in [-0.1, -0.05) is 13.8 Å². The van der Waals surface area contributed by atoms with E-state index in [9.17, 15) is 4.79 Å². The first kappa shape index (κ1) is 14.8. The molecular weight excluding hydrogens is 282 g/mol. The lowest BCUT2D eigenvalue weighted by Gasteiger charge is -2.33. The van der Waals surface area contributed by atoms with Gasteiger partial charge in [-0.3, -0.25) is 4.79 Å². The Balaban J connectivity index is 1.86. The molecule has 1 fully saturated rings. The SMILES string of the molecule is CCc1nc2nnc(C(=O)N3CCN(CC)CC3)c(C)n2n1. The van der Waals surface area contributed by atoms with Gasteiger partial charge in [-0.2, -0.15) is 9.50 Å². The number of aromatic nitrogens is 5. The van der Waals surface area contributed by atoms with Gasteiger partial charge < -0.3 is 9.80 Å². The highest BCUT2D eigenvalue weighted by Gasteiger charge is 2.25. The summed E-state index contributed by atoms with van der Waals surface area (Å²) in [6.45, 7) is 10.2. The lowest BCUT2D eigenvalue weighted by Crippen LogP contribution is -2.48. The molecule has 118 valence electrons. The van der Waals surface area contributed by atoms with Crippen molar-refractivity contribution in [3.05, 3.63) is 17.2 Å².